The van der Waals surface area contributed by atoms with Gasteiger partial charge in [0, 0.05) is 17.1 Å². The van der Waals surface area contributed by atoms with Gasteiger partial charge < -0.3 is 9.72 Å². The molecule has 9 heteroatoms. The lowest BCUT2D eigenvalue weighted by molar-refractivity contribution is 0.0525. The summed E-state index contributed by atoms with van der Waals surface area (Å²) in [7, 11) is 0. The molecule has 4 rings (SSSR count). The molecule has 3 heterocycles. The Kier molecular flexibility index (Phi) is 7.14. The first-order valence-electron chi connectivity index (χ1n) is 11.4. The van der Waals surface area contributed by atoms with Gasteiger partial charge in [0.15, 0.2) is 10.9 Å². The number of thioether (sulfide) groups is 1. The second-order valence-corrected chi connectivity index (χ2v) is 10.7. The minimum Gasteiger partial charge on any atom is -0.462 e. The maximum atomic E-state index is 13.4. The Labute approximate surface area is 206 Å². The van der Waals surface area contributed by atoms with Crippen LogP contribution < -0.4 is 5.56 Å². The summed E-state index contributed by atoms with van der Waals surface area (Å²) in [6, 6.07) is 0. The van der Waals surface area contributed by atoms with E-state index in [4.69, 9.17) is 9.72 Å². The van der Waals surface area contributed by atoms with Gasteiger partial charge in [-0.3, -0.25) is 14.2 Å². The van der Waals surface area contributed by atoms with Gasteiger partial charge in [0.05, 0.1) is 29.0 Å². The summed E-state index contributed by atoms with van der Waals surface area (Å²) >= 11 is 2.83. The van der Waals surface area contributed by atoms with Crippen molar-refractivity contribution < 1.29 is 14.3 Å². The van der Waals surface area contributed by atoms with Crippen LogP contribution in [-0.4, -0.2) is 38.6 Å². The molecule has 0 saturated carbocycles. The molecule has 34 heavy (non-hydrogen) atoms. The lowest BCUT2D eigenvalue weighted by Crippen LogP contribution is -2.24. The SMILES string of the molecule is C=CCn1c(SCC(=O)c2[nH]c(C)c(C(=O)OCC)c2C)nc2sc3c(c2c1=O)CCC(C)C3. The first-order valence-corrected chi connectivity index (χ1v) is 13.2. The van der Waals surface area contributed by atoms with Crippen molar-refractivity contribution in [1.29, 1.82) is 0 Å². The number of H-pyrrole nitrogens is 1. The van der Waals surface area contributed by atoms with Crippen molar-refractivity contribution in [2.45, 2.75) is 58.7 Å². The number of nitrogens with one attached hydrogen (secondary N) is 1. The van der Waals surface area contributed by atoms with Crippen LogP contribution in [0.1, 0.15) is 62.8 Å². The largest absolute Gasteiger partial charge is 0.462 e. The number of thiophene rings is 1. The summed E-state index contributed by atoms with van der Waals surface area (Å²) in [5, 5.41) is 1.23. The highest BCUT2D eigenvalue weighted by Gasteiger charge is 2.26. The first kappa shape index (κ1) is 24.5. The van der Waals surface area contributed by atoms with E-state index >= 15 is 0 Å². The van der Waals surface area contributed by atoms with Crippen LogP contribution in [0.4, 0.5) is 0 Å². The van der Waals surface area contributed by atoms with E-state index in [-0.39, 0.29) is 23.7 Å². The van der Waals surface area contributed by atoms with Gasteiger partial charge in [0.2, 0.25) is 0 Å². The third kappa shape index (κ3) is 4.38. The quantitative estimate of drug-likeness (QED) is 0.156. The number of Topliss-reactive ketones (excluding diaryl/α,β-unsaturated/α-hetero) is 1. The van der Waals surface area contributed by atoms with Crippen LogP contribution in [0, 0.1) is 19.8 Å². The van der Waals surface area contributed by atoms with Gasteiger partial charge in [0.25, 0.3) is 5.56 Å². The highest BCUT2D eigenvalue weighted by Crippen LogP contribution is 2.36. The zero-order valence-electron chi connectivity index (χ0n) is 19.9. The minimum atomic E-state index is -0.441. The number of allylic oxidation sites excluding steroid dienone is 1. The molecule has 0 spiro atoms. The van der Waals surface area contributed by atoms with Crippen molar-refractivity contribution in [3.8, 4) is 0 Å². The summed E-state index contributed by atoms with van der Waals surface area (Å²) < 4.78 is 6.72. The molecule has 0 fully saturated rings. The molecule has 7 nitrogen and oxygen atoms in total. The van der Waals surface area contributed by atoms with E-state index in [1.807, 2.05) is 0 Å². The molecule has 0 aromatic carbocycles. The zero-order valence-corrected chi connectivity index (χ0v) is 21.6. The van der Waals surface area contributed by atoms with E-state index in [0.29, 0.717) is 40.1 Å². The summed E-state index contributed by atoms with van der Waals surface area (Å²) in [5.74, 6) is 0.0815. The summed E-state index contributed by atoms with van der Waals surface area (Å²) in [6.07, 6.45) is 4.63. The maximum Gasteiger partial charge on any atom is 0.340 e. The number of fused-ring (bicyclic) bond motifs is 3. The van der Waals surface area contributed by atoms with Crippen LogP contribution in [0.15, 0.2) is 22.6 Å². The molecular weight excluding hydrogens is 470 g/mol. The molecule has 1 unspecified atom stereocenters. The molecule has 3 aromatic rings. The third-order valence-electron chi connectivity index (χ3n) is 6.22. The number of esters is 1. The number of aryl methyl sites for hydroxylation is 2. The van der Waals surface area contributed by atoms with E-state index in [1.54, 1.807) is 42.8 Å². The van der Waals surface area contributed by atoms with Crippen molar-refractivity contribution in [1.82, 2.24) is 14.5 Å². The molecule has 0 saturated heterocycles. The Balaban J connectivity index is 1.65. The van der Waals surface area contributed by atoms with Crippen molar-refractivity contribution in [2.75, 3.05) is 12.4 Å². The number of carbonyl (C=O) groups is 2. The first-order chi connectivity index (χ1) is 16.3. The van der Waals surface area contributed by atoms with E-state index < -0.39 is 5.97 Å². The Morgan fingerprint density at radius 2 is 2.15 bits per heavy atom. The summed E-state index contributed by atoms with van der Waals surface area (Å²) in [6.45, 7) is 11.9. The number of hydrogen-bond acceptors (Lipinski definition) is 7. The molecular formula is C25H29N3O4S2. The molecule has 0 bridgehead atoms. The lowest BCUT2D eigenvalue weighted by atomic mass is 9.89. The summed E-state index contributed by atoms with van der Waals surface area (Å²) in [5.41, 5.74) is 3.04. The van der Waals surface area contributed by atoms with Crippen molar-refractivity contribution in [3.63, 3.8) is 0 Å². The molecule has 1 aliphatic carbocycles. The van der Waals surface area contributed by atoms with Gasteiger partial charge in [-0.2, -0.15) is 0 Å². The fourth-order valence-corrected chi connectivity index (χ4v) is 6.85. The Bertz CT molecular complexity index is 1350. The zero-order chi connectivity index (χ0) is 24.6. The van der Waals surface area contributed by atoms with Crippen LogP contribution >= 0.6 is 23.1 Å². The number of ketones is 1. The van der Waals surface area contributed by atoms with Crippen LogP contribution in [0.5, 0.6) is 0 Å². The van der Waals surface area contributed by atoms with Gasteiger partial charge in [-0.25, -0.2) is 9.78 Å². The highest BCUT2D eigenvalue weighted by atomic mass is 32.2. The van der Waals surface area contributed by atoms with Crippen LogP contribution in [0.25, 0.3) is 10.2 Å². The number of nitrogens with zero attached hydrogens (tertiary/aromatic N) is 2. The number of ether oxygens (including phenoxy) is 1. The highest BCUT2D eigenvalue weighted by molar-refractivity contribution is 7.99. The fourth-order valence-electron chi connectivity index (χ4n) is 4.55. The smallest absolute Gasteiger partial charge is 0.340 e. The van der Waals surface area contributed by atoms with Gasteiger partial charge in [0.1, 0.15) is 4.83 Å². The van der Waals surface area contributed by atoms with E-state index in [9.17, 15) is 14.4 Å². The predicted octanol–water partition coefficient (Wildman–Crippen LogP) is 4.87. The second-order valence-electron chi connectivity index (χ2n) is 8.69. The predicted molar refractivity (Wildman–Crippen MR) is 137 cm³/mol. The standard InChI is InChI=1S/C25H29N3O4S2/c1-6-10-28-23(30)20-16-9-8-13(3)11-18(16)34-22(20)27-25(28)33-12-17(29)21-14(4)19(15(5)26-21)24(31)32-7-2/h6,13,26H,1,7-12H2,2-5H3. The molecule has 0 aliphatic heterocycles. The minimum absolute atomic E-state index is 0.0663. The molecule has 1 atom stereocenters. The second kappa shape index (κ2) is 9.92. The lowest BCUT2D eigenvalue weighted by Gasteiger charge is -2.17. The van der Waals surface area contributed by atoms with Gasteiger partial charge in [-0.05, 0) is 57.1 Å². The number of rotatable bonds is 8. The number of aromatic nitrogens is 3. The van der Waals surface area contributed by atoms with Crippen molar-refractivity contribution >= 4 is 45.1 Å². The number of hydrogen-bond donors (Lipinski definition) is 1. The molecule has 0 amide bonds. The average molecular weight is 500 g/mol. The van der Waals surface area contributed by atoms with E-state index in [1.165, 1.54) is 16.6 Å². The fraction of sp³-hybridized carbons (Fsp3) is 0.440. The number of aromatic amines is 1. The Morgan fingerprint density at radius 3 is 2.85 bits per heavy atom. The normalized spacial score (nSPS) is 15.4. The topological polar surface area (TPSA) is 94.1 Å². The van der Waals surface area contributed by atoms with E-state index in [0.717, 1.165) is 35.0 Å². The van der Waals surface area contributed by atoms with Crippen LogP contribution in [-0.2, 0) is 24.1 Å². The third-order valence-corrected chi connectivity index (χ3v) is 8.34. The van der Waals surface area contributed by atoms with Crippen LogP contribution in [0.2, 0.25) is 0 Å². The molecule has 3 aromatic heterocycles. The molecule has 0 radical (unpaired) electrons. The van der Waals surface area contributed by atoms with Gasteiger partial charge in [-0.15, -0.1) is 17.9 Å². The Morgan fingerprint density at radius 1 is 1.38 bits per heavy atom. The van der Waals surface area contributed by atoms with E-state index in [2.05, 4.69) is 18.5 Å². The van der Waals surface area contributed by atoms with Crippen LogP contribution in [0.3, 0.4) is 0 Å². The number of carbonyl (C=O) groups excluding carboxylic acids is 2. The molecule has 180 valence electrons. The van der Waals surface area contributed by atoms with Gasteiger partial charge >= 0.3 is 5.97 Å². The molecule has 1 N–H and O–H groups in total. The van der Waals surface area contributed by atoms with Crippen molar-refractivity contribution in [3.05, 3.63) is 56.0 Å². The average Bonchev–Trinajstić information content (AvgIpc) is 3.30. The Hall–Kier alpha value is -2.65. The monoisotopic (exact) mass is 499 g/mol. The van der Waals surface area contributed by atoms with Gasteiger partial charge in [-0.1, -0.05) is 24.8 Å². The summed E-state index contributed by atoms with van der Waals surface area (Å²) in [4.78, 5) is 48.6. The maximum absolute atomic E-state index is 13.4. The van der Waals surface area contributed by atoms with Crippen molar-refractivity contribution in [2.24, 2.45) is 5.92 Å². The molecule has 1 aliphatic rings.